The van der Waals surface area contributed by atoms with E-state index in [0.717, 1.165) is 12.2 Å². The van der Waals surface area contributed by atoms with Gasteiger partial charge in [-0.2, -0.15) is 0 Å². The summed E-state index contributed by atoms with van der Waals surface area (Å²) in [5.74, 6) is 0.356. The Morgan fingerprint density at radius 3 is 2.82 bits per heavy atom. The predicted molar refractivity (Wildman–Crippen MR) is 67.6 cm³/mol. The van der Waals surface area contributed by atoms with Crippen molar-refractivity contribution in [3.8, 4) is 0 Å². The first-order valence-electron chi connectivity index (χ1n) is 5.21. The van der Waals surface area contributed by atoms with Gasteiger partial charge < -0.3 is 10.1 Å². The second-order valence-electron chi connectivity index (χ2n) is 3.86. The van der Waals surface area contributed by atoms with Gasteiger partial charge in [-0.25, -0.2) is 0 Å². The molecule has 0 aliphatic rings. The Hall–Kier alpha value is -1.33. The van der Waals surface area contributed by atoms with Gasteiger partial charge in [0.25, 0.3) is 5.69 Å². The molecule has 6 heteroatoms. The number of benzene rings is 1. The SMILES string of the molecule is COCC(C)CNc1ccc([N+](=O)[O-])c(Cl)c1. The van der Waals surface area contributed by atoms with Crippen molar-refractivity contribution in [1.82, 2.24) is 0 Å². The van der Waals surface area contributed by atoms with Gasteiger partial charge in [-0.1, -0.05) is 18.5 Å². The minimum absolute atomic E-state index is 0.0813. The third-order valence-corrected chi connectivity index (χ3v) is 2.55. The lowest BCUT2D eigenvalue weighted by Crippen LogP contribution is -2.15. The summed E-state index contributed by atoms with van der Waals surface area (Å²) in [6.45, 7) is 3.43. The molecule has 0 fully saturated rings. The summed E-state index contributed by atoms with van der Waals surface area (Å²) in [6, 6.07) is 4.59. The summed E-state index contributed by atoms with van der Waals surface area (Å²) in [7, 11) is 1.65. The third kappa shape index (κ3) is 4.20. The fraction of sp³-hybridized carbons (Fsp3) is 0.455. The first-order chi connectivity index (χ1) is 8.04. The van der Waals surface area contributed by atoms with E-state index in [-0.39, 0.29) is 10.7 Å². The highest BCUT2D eigenvalue weighted by molar-refractivity contribution is 6.32. The van der Waals surface area contributed by atoms with Crippen LogP contribution in [0.1, 0.15) is 6.92 Å². The summed E-state index contributed by atoms with van der Waals surface area (Å²) < 4.78 is 5.01. The fourth-order valence-corrected chi connectivity index (χ4v) is 1.65. The van der Waals surface area contributed by atoms with E-state index in [4.69, 9.17) is 16.3 Å². The van der Waals surface area contributed by atoms with Crippen LogP contribution < -0.4 is 5.32 Å². The Morgan fingerprint density at radius 2 is 2.29 bits per heavy atom. The van der Waals surface area contributed by atoms with Crippen molar-refractivity contribution in [2.75, 3.05) is 25.6 Å². The van der Waals surface area contributed by atoms with Crippen LogP contribution in [0.15, 0.2) is 18.2 Å². The first kappa shape index (κ1) is 13.7. The van der Waals surface area contributed by atoms with E-state index in [1.165, 1.54) is 6.07 Å². The molecule has 0 bridgehead atoms. The highest BCUT2D eigenvalue weighted by Crippen LogP contribution is 2.27. The summed E-state index contributed by atoms with van der Waals surface area (Å²) in [5, 5.41) is 13.9. The Morgan fingerprint density at radius 1 is 1.59 bits per heavy atom. The molecule has 0 aliphatic carbocycles. The lowest BCUT2D eigenvalue weighted by molar-refractivity contribution is -0.384. The number of hydrogen-bond donors (Lipinski definition) is 1. The quantitative estimate of drug-likeness (QED) is 0.629. The molecule has 1 N–H and O–H groups in total. The van der Waals surface area contributed by atoms with E-state index in [0.29, 0.717) is 12.5 Å². The Bertz CT molecular complexity index is 398. The van der Waals surface area contributed by atoms with Crippen LogP contribution in [0.4, 0.5) is 11.4 Å². The van der Waals surface area contributed by atoms with Crippen LogP contribution in [0.25, 0.3) is 0 Å². The largest absolute Gasteiger partial charge is 0.385 e. The molecule has 5 nitrogen and oxygen atoms in total. The van der Waals surface area contributed by atoms with Gasteiger partial charge >= 0.3 is 0 Å². The molecular formula is C11H15ClN2O3. The number of nitro groups is 1. The molecular weight excluding hydrogens is 244 g/mol. The minimum atomic E-state index is -0.500. The summed E-state index contributed by atoms with van der Waals surface area (Å²) in [5.41, 5.74) is 0.686. The lowest BCUT2D eigenvalue weighted by Gasteiger charge is -2.12. The number of nitro benzene ring substituents is 1. The topological polar surface area (TPSA) is 64.4 Å². The average Bonchev–Trinajstić information content (AvgIpc) is 2.26. The summed E-state index contributed by atoms with van der Waals surface area (Å²) in [6.07, 6.45) is 0. The molecule has 1 unspecified atom stereocenters. The summed E-state index contributed by atoms with van der Waals surface area (Å²) >= 11 is 5.79. The molecule has 94 valence electrons. The molecule has 0 saturated heterocycles. The second kappa shape index (κ2) is 6.42. The number of halogens is 1. The zero-order valence-electron chi connectivity index (χ0n) is 9.77. The lowest BCUT2D eigenvalue weighted by atomic mass is 10.2. The van der Waals surface area contributed by atoms with Gasteiger partial charge in [-0.05, 0) is 18.1 Å². The first-order valence-corrected chi connectivity index (χ1v) is 5.59. The van der Waals surface area contributed by atoms with Crippen molar-refractivity contribution >= 4 is 23.0 Å². The number of methoxy groups -OCH3 is 1. The van der Waals surface area contributed by atoms with Crippen LogP contribution >= 0.6 is 11.6 Å². The van der Waals surface area contributed by atoms with Crippen LogP contribution in [-0.2, 0) is 4.74 Å². The molecule has 0 amide bonds. The number of nitrogens with one attached hydrogen (secondary N) is 1. The molecule has 0 heterocycles. The van der Waals surface area contributed by atoms with Gasteiger partial charge in [0.05, 0.1) is 11.5 Å². The molecule has 0 radical (unpaired) electrons. The Balaban J connectivity index is 2.62. The smallest absolute Gasteiger partial charge is 0.288 e. The zero-order valence-corrected chi connectivity index (χ0v) is 10.5. The molecule has 1 aromatic rings. The summed E-state index contributed by atoms with van der Waals surface area (Å²) in [4.78, 5) is 10.1. The van der Waals surface area contributed by atoms with E-state index in [1.807, 2.05) is 6.92 Å². The van der Waals surface area contributed by atoms with Crippen molar-refractivity contribution in [2.24, 2.45) is 5.92 Å². The fourth-order valence-electron chi connectivity index (χ4n) is 1.40. The third-order valence-electron chi connectivity index (χ3n) is 2.25. The van der Waals surface area contributed by atoms with Crippen LogP contribution in [-0.4, -0.2) is 25.2 Å². The standard InChI is InChI=1S/C11H15ClN2O3/c1-8(7-17-2)6-13-9-3-4-11(14(15)16)10(12)5-9/h3-5,8,13H,6-7H2,1-2H3. The van der Waals surface area contributed by atoms with Crippen LogP contribution in [0.3, 0.4) is 0 Å². The molecule has 1 aromatic carbocycles. The van der Waals surface area contributed by atoms with Crippen molar-refractivity contribution in [2.45, 2.75) is 6.92 Å². The molecule has 1 rings (SSSR count). The number of nitrogens with zero attached hydrogens (tertiary/aromatic N) is 1. The van der Waals surface area contributed by atoms with Crippen molar-refractivity contribution in [1.29, 1.82) is 0 Å². The highest BCUT2D eigenvalue weighted by Gasteiger charge is 2.12. The molecule has 1 atom stereocenters. The molecule has 0 aliphatic heterocycles. The predicted octanol–water partition coefficient (Wildman–Crippen LogP) is 2.94. The van der Waals surface area contributed by atoms with Crippen molar-refractivity contribution in [3.63, 3.8) is 0 Å². The molecule has 0 spiro atoms. The second-order valence-corrected chi connectivity index (χ2v) is 4.27. The van der Waals surface area contributed by atoms with Gasteiger partial charge in [0.1, 0.15) is 5.02 Å². The van der Waals surface area contributed by atoms with Crippen LogP contribution in [0.2, 0.25) is 5.02 Å². The van der Waals surface area contributed by atoms with Crippen LogP contribution in [0, 0.1) is 16.0 Å². The van der Waals surface area contributed by atoms with E-state index in [2.05, 4.69) is 5.32 Å². The average molecular weight is 259 g/mol. The number of hydrogen-bond acceptors (Lipinski definition) is 4. The monoisotopic (exact) mass is 258 g/mol. The van der Waals surface area contributed by atoms with E-state index < -0.39 is 4.92 Å². The maximum absolute atomic E-state index is 10.6. The molecule has 0 aromatic heterocycles. The van der Waals surface area contributed by atoms with E-state index in [1.54, 1.807) is 19.2 Å². The number of ether oxygens (including phenoxy) is 1. The maximum Gasteiger partial charge on any atom is 0.288 e. The Labute approximate surface area is 105 Å². The van der Waals surface area contributed by atoms with Crippen LogP contribution in [0.5, 0.6) is 0 Å². The number of anilines is 1. The van der Waals surface area contributed by atoms with Gasteiger partial charge in [-0.15, -0.1) is 0 Å². The molecule has 0 saturated carbocycles. The van der Waals surface area contributed by atoms with Gasteiger partial charge in [-0.3, -0.25) is 10.1 Å². The maximum atomic E-state index is 10.6. The van der Waals surface area contributed by atoms with Gasteiger partial charge in [0.2, 0.25) is 0 Å². The van der Waals surface area contributed by atoms with Gasteiger partial charge in [0.15, 0.2) is 0 Å². The molecule has 17 heavy (non-hydrogen) atoms. The van der Waals surface area contributed by atoms with E-state index in [9.17, 15) is 10.1 Å². The van der Waals surface area contributed by atoms with E-state index >= 15 is 0 Å². The zero-order chi connectivity index (χ0) is 12.8. The number of rotatable bonds is 6. The minimum Gasteiger partial charge on any atom is -0.385 e. The normalized spacial score (nSPS) is 12.2. The van der Waals surface area contributed by atoms with Crippen molar-refractivity contribution in [3.05, 3.63) is 33.3 Å². The van der Waals surface area contributed by atoms with Crippen molar-refractivity contribution < 1.29 is 9.66 Å². The Kier molecular flexibility index (Phi) is 5.18. The highest BCUT2D eigenvalue weighted by atomic mass is 35.5. The van der Waals surface area contributed by atoms with Gasteiger partial charge in [0, 0.05) is 25.4 Å².